The molecule has 0 aliphatic heterocycles. The summed E-state index contributed by atoms with van der Waals surface area (Å²) in [4.78, 5) is 4.21. The Balaban J connectivity index is 2.28. The number of rotatable bonds is 3. The second-order valence-corrected chi connectivity index (χ2v) is 3.91. The molecule has 0 saturated carbocycles. The van der Waals surface area contributed by atoms with E-state index in [1.165, 1.54) is 11.3 Å². The van der Waals surface area contributed by atoms with Crippen molar-refractivity contribution in [2.45, 2.75) is 6.92 Å². The molecule has 1 heterocycles. The fraction of sp³-hybridized carbons (Fsp3) is 0.182. The number of nitrogens with two attached hydrogens (primary N) is 1. The van der Waals surface area contributed by atoms with Crippen molar-refractivity contribution in [3.05, 3.63) is 29.8 Å². The molecule has 0 aliphatic rings. The fourth-order valence-corrected chi connectivity index (χ4v) is 1.90. The van der Waals surface area contributed by atoms with E-state index in [2.05, 4.69) is 4.98 Å². The molecule has 0 aliphatic carbocycles. The number of ether oxygens (including phenoxy) is 1. The lowest BCUT2D eigenvalue weighted by Gasteiger charge is -2.03. The third-order valence-electron chi connectivity index (χ3n) is 2.03. The molecule has 0 amide bonds. The van der Waals surface area contributed by atoms with Crippen molar-refractivity contribution < 1.29 is 4.74 Å². The van der Waals surface area contributed by atoms with Crippen LogP contribution in [0.25, 0.3) is 11.3 Å². The summed E-state index contributed by atoms with van der Waals surface area (Å²) in [5, 5.41) is 0.749. The first-order valence-corrected chi connectivity index (χ1v) is 5.61. The second kappa shape index (κ2) is 4.31. The van der Waals surface area contributed by atoms with Crippen LogP contribution < -0.4 is 10.5 Å². The van der Waals surface area contributed by atoms with Crippen molar-refractivity contribution in [2.75, 3.05) is 12.3 Å². The topological polar surface area (TPSA) is 48.1 Å². The number of nitrogens with zero attached hydrogens (tertiary/aromatic N) is 1. The molecule has 0 bridgehead atoms. The first-order valence-electron chi connectivity index (χ1n) is 4.73. The Labute approximate surface area is 92.5 Å². The summed E-state index contributed by atoms with van der Waals surface area (Å²) >= 11 is 1.45. The Kier molecular flexibility index (Phi) is 2.87. The van der Waals surface area contributed by atoms with Crippen molar-refractivity contribution in [1.29, 1.82) is 0 Å². The molecule has 0 spiro atoms. The monoisotopic (exact) mass is 220 g/mol. The van der Waals surface area contributed by atoms with Crippen LogP contribution in [0.15, 0.2) is 29.8 Å². The summed E-state index contributed by atoms with van der Waals surface area (Å²) in [6.45, 7) is 2.64. The third kappa shape index (κ3) is 2.10. The van der Waals surface area contributed by atoms with Gasteiger partial charge < -0.3 is 10.5 Å². The lowest BCUT2D eigenvalue weighted by Crippen LogP contribution is -1.91. The predicted octanol–water partition coefficient (Wildman–Crippen LogP) is 2.79. The highest BCUT2D eigenvalue weighted by atomic mass is 32.1. The predicted molar refractivity (Wildman–Crippen MR) is 63.1 cm³/mol. The summed E-state index contributed by atoms with van der Waals surface area (Å²) in [7, 11) is 0. The summed E-state index contributed by atoms with van der Waals surface area (Å²) in [6.07, 6.45) is 0. The van der Waals surface area contributed by atoms with Gasteiger partial charge in [-0.3, -0.25) is 0 Å². The van der Waals surface area contributed by atoms with Crippen molar-refractivity contribution >= 4 is 16.3 Å². The number of aromatic nitrogens is 1. The van der Waals surface area contributed by atoms with E-state index in [0.29, 0.717) is 6.61 Å². The Hall–Kier alpha value is -1.55. The molecule has 1 aromatic heterocycles. The van der Waals surface area contributed by atoms with Crippen LogP contribution in [-0.2, 0) is 0 Å². The zero-order chi connectivity index (χ0) is 10.7. The van der Waals surface area contributed by atoms with Crippen LogP contribution in [0.4, 0.5) is 5.00 Å². The van der Waals surface area contributed by atoms with Gasteiger partial charge in [0.1, 0.15) is 16.4 Å². The fourth-order valence-electron chi connectivity index (χ4n) is 1.35. The highest BCUT2D eigenvalue weighted by Crippen LogP contribution is 2.28. The minimum Gasteiger partial charge on any atom is -0.494 e. The Morgan fingerprint density at radius 1 is 1.33 bits per heavy atom. The lowest BCUT2D eigenvalue weighted by atomic mass is 10.1. The molecule has 4 heteroatoms. The van der Waals surface area contributed by atoms with Gasteiger partial charge in [-0.15, -0.1) is 11.3 Å². The Morgan fingerprint density at radius 3 is 2.60 bits per heavy atom. The van der Waals surface area contributed by atoms with Gasteiger partial charge in [-0.1, -0.05) is 0 Å². The maximum atomic E-state index is 5.79. The molecule has 3 nitrogen and oxygen atoms in total. The van der Waals surface area contributed by atoms with Gasteiger partial charge in [-0.25, -0.2) is 4.98 Å². The molecular weight excluding hydrogens is 208 g/mol. The SMILES string of the molecule is CCOc1ccc(-c2ncsc2N)cc1. The van der Waals surface area contributed by atoms with Crippen molar-refractivity contribution in [2.24, 2.45) is 0 Å². The molecule has 78 valence electrons. The lowest BCUT2D eigenvalue weighted by molar-refractivity contribution is 0.340. The number of hydrogen-bond acceptors (Lipinski definition) is 4. The molecule has 0 radical (unpaired) electrons. The molecule has 1 aromatic carbocycles. The van der Waals surface area contributed by atoms with E-state index in [-0.39, 0.29) is 0 Å². The largest absolute Gasteiger partial charge is 0.494 e. The van der Waals surface area contributed by atoms with Crippen LogP contribution in [0.3, 0.4) is 0 Å². The minimum atomic E-state index is 0.679. The van der Waals surface area contributed by atoms with E-state index in [4.69, 9.17) is 10.5 Å². The summed E-state index contributed by atoms with van der Waals surface area (Å²) in [5.74, 6) is 0.870. The first-order chi connectivity index (χ1) is 7.31. The van der Waals surface area contributed by atoms with Gasteiger partial charge in [-0.2, -0.15) is 0 Å². The van der Waals surface area contributed by atoms with Crippen LogP contribution in [-0.4, -0.2) is 11.6 Å². The molecule has 0 unspecified atom stereocenters. The number of anilines is 1. The standard InChI is InChI=1S/C11H12N2OS/c1-2-14-9-5-3-8(4-6-9)10-11(12)15-7-13-10/h3-7H,2,12H2,1H3. The van der Waals surface area contributed by atoms with Gasteiger partial charge >= 0.3 is 0 Å². The van der Waals surface area contributed by atoms with Gasteiger partial charge in [0.25, 0.3) is 0 Å². The van der Waals surface area contributed by atoms with Gasteiger partial charge in [-0.05, 0) is 31.2 Å². The minimum absolute atomic E-state index is 0.679. The molecule has 0 fully saturated rings. The van der Waals surface area contributed by atoms with E-state index in [9.17, 15) is 0 Å². The van der Waals surface area contributed by atoms with Crippen LogP contribution in [0, 0.1) is 0 Å². The summed E-state index contributed by atoms with van der Waals surface area (Å²) in [5.41, 5.74) is 9.42. The Bertz CT molecular complexity index is 436. The van der Waals surface area contributed by atoms with Gasteiger partial charge in [0.15, 0.2) is 0 Å². The maximum absolute atomic E-state index is 5.79. The van der Waals surface area contributed by atoms with Crippen molar-refractivity contribution in [1.82, 2.24) is 4.98 Å². The highest BCUT2D eigenvalue weighted by Gasteiger charge is 2.05. The molecule has 0 atom stereocenters. The normalized spacial score (nSPS) is 10.2. The van der Waals surface area contributed by atoms with E-state index < -0.39 is 0 Å². The van der Waals surface area contributed by atoms with Gasteiger partial charge in [0, 0.05) is 5.56 Å². The highest BCUT2D eigenvalue weighted by molar-refractivity contribution is 7.14. The quantitative estimate of drug-likeness (QED) is 0.865. The van der Waals surface area contributed by atoms with Crippen molar-refractivity contribution in [3.8, 4) is 17.0 Å². The summed E-state index contributed by atoms with van der Waals surface area (Å²) < 4.78 is 5.36. The molecule has 2 aromatic rings. The zero-order valence-electron chi connectivity index (χ0n) is 8.43. The number of benzene rings is 1. The van der Waals surface area contributed by atoms with Crippen molar-refractivity contribution in [3.63, 3.8) is 0 Å². The molecule has 15 heavy (non-hydrogen) atoms. The summed E-state index contributed by atoms with van der Waals surface area (Å²) in [6, 6.07) is 7.79. The van der Waals surface area contributed by atoms with Gasteiger partial charge in [0.05, 0.1) is 12.1 Å². The Morgan fingerprint density at radius 2 is 2.07 bits per heavy atom. The molecule has 0 saturated heterocycles. The molecule has 2 rings (SSSR count). The third-order valence-corrected chi connectivity index (χ3v) is 2.69. The smallest absolute Gasteiger partial charge is 0.119 e. The second-order valence-electron chi connectivity index (χ2n) is 3.02. The van der Waals surface area contributed by atoms with Crippen LogP contribution in [0.5, 0.6) is 5.75 Å². The molecular formula is C11H12N2OS. The van der Waals surface area contributed by atoms with Crippen LogP contribution in [0.2, 0.25) is 0 Å². The van der Waals surface area contributed by atoms with Crippen LogP contribution in [0.1, 0.15) is 6.92 Å². The molecule has 2 N–H and O–H groups in total. The zero-order valence-corrected chi connectivity index (χ0v) is 9.25. The van der Waals surface area contributed by atoms with Crippen LogP contribution >= 0.6 is 11.3 Å². The average Bonchev–Trinajstić information content (AvgIpc) is 2.66. The number of nitrogen functional groups attached to an aromatic ring is 1. The number of thiazole rings is 1. The van der Waals surface area contributed by atoms with E-state index in [1.54, 1.807) is 5.51 Å². The van der Waals surface area contributed by atoms with E-state index in [1.807, 2.05) is 31.2 Å². The van der Waals surface area contributed by atoms with E-state index >= 15 is 0 Å². The first kappa shape index (κ1) is 9.98. The van der Waals surface area contributed by atoms with E-state index in [0.717, 1.165) is 22.0 Å². The van der Waals surface area contributed by atoms with Gasteiger partial charge in [0.2, 0.25) is 0 Å². The maximum Gasteiger partial charge on any atom is 0.119 e. The average molecular weight is 220 g/mol. The number of hydrogen-bond donors (Lipinski definition) is 1.